The van der Waals surface area contributed by atoms with Crippen molar-refractivity contribution in [3.63, 3.8) is 0 Å². The summed E-state index contributed by atoms with van der Waals surface area (Å²) in [4.78, 5) is 12.0. The summed E-state index contributed by atoms with van der Waals surface area (Å²) in [6, 6.07) is 13.2. The maximum absolute atomic E-state index is 12.0. The molecule has 0 saturated carbocycles. The second kappa shape index (κ2) is 10.3. The van der Waals surface area contributed by atoms with Crippen LogP contribution in [0.4, 0.5) is 0 Å². The standard InChI is InChI=1S/C21H22Cl2N4O2S/c1-13-5-4-6-15(9-13)12-30-21-26-25-20(14(2)24-19(28)11-29-3)27(21)18-8-7-16(22)10-17(18)23/h4-10,14H,11-12H2,1-3H3,(H,24,28). The molecule has 0 aliphatic carbocycles. The van der Waals surface area contributed by atoms with E-state index in [0.717, 1.165) is 5.75 Å². The average Bonchev–Trinajstić information content (AvgIpc) is 3.10. The highest BCUT2D eigenvalue weighted by Gasteiger charge is 2.22. The minimum atomic E-state index is -0.403. The average molecular weight is 465 g/mol. The van der Waals surface area contributed by atoms with Gasteiger partial charge in [-0.15, -0.1) is 10.2 Å². The fraction of sp³-hybridized carbons (Fsp3) is 0.286. The van der Waals surface area contributed by atoms with Crippen LogP contribution in [0.3, 0.4) is 0 Å². The third-order valence-electron chi connectivity index (χ3n) is 4.30. The van der Waals surface area contributed by atoms with E-state index in [0.29, 0.717) is 26.7 Å². The molecule has 1 atom stereocenters. The number of halogens is 2. The van der Waals surface area contributed by atoms with E-state index in [9.17, 15) is 4.79 Å². The van der Waals surface area contributed by atoms with Gasteiger partial charge in [-0.3, -0.25) is 9.36 Å². The lowest BCUT2D eigenvalue weighted by Crippen LogP contribution is -2.31. The van der Waals surface area contributed by atoms with Crippen molar-refractivity contribution in [2.24, 2.45) is 0 Å². The van der Waals surface area contributed by atoms with E-state index in [1.54, 1.807) is 23.9 Å². The molecule has 1 heterocycles. The molecule has 158 valence electrons. The summed E-state index contributed by atoms with van der Waals surface area (Å²) in [5.41, 5.74) is 3.07. The van der Waals surface area contributed by atoms with E-state index in [1.165, 1.54) is 18.2 Å². The quantitative estimate of drug-likeness (QED) is 0.475. The molecule has 0 aliphatic rings. The molecular formula is C21H22Cl2N4O2S. The van der Waals surface area contributed by atoms with E-state index in [1.807, 2.05) is 23.6 Å². The van der Waals surface area contributed by atoms with Crippen LogP contribution in [0.25, 0.3) is 5.69 Å². The van der Waals surface area contributed by atoms with Crippen LogP contribution in [0.15, 0.2) is 47.6 Å². The van der Waals surface area contributed by atoms with Gasteiger partial charge in [-0.25, -0.2) is 0 Å². The van der Waals surface area contributed by atoms with E-state index >= 15 is 0 Å². The summed E-state index contributed by atoms with van der Waals surface area (Å²) < 4.78 is 6.75. The van der Waals surface area contributed by atoms with Crippen LogP contribution in [0.2, 0.25) is 10.0 Å². The van der Waals surface area contributed by atoms with Crippen molar-refractivity contribution in [3.05, 3.63) is 69.5 Å². The van der Waals surface area contributed by atoms with Gasteiger partial charge in [0.15, 0.2) is 11.0 Å². The van der Waals surface area contributed by atoms with Crippen molar-refractivity contribution < 1.29 is 9.53 Å². The lowest BCUT2D eigenvalue weighted by Gasteiger charge is -2.17. The fourth-order valence-electron chi connectivity index (χ4n) is 2.97. The molecule has 0 spiro atoms. The van der Waals surface area contributed by atoms with Gasteiger partial charge < -0.3 is 10.1 Å². The van der Waals surface area contributed by atoms with E-state index in [2.05, 4.69) is 40.6 Å². The lowest BCUT2D eigenvalue weighted by molar-refractivity contribution is -0.125. The highest BCUT2D eigenvalue weighted by molar-refractivity contribution is 7.98. The molecule has 9 heteroatoms. The van der Waals surface area contributed by atoms with Crippen LogP contribution >= 0.6 is 35.0 Å². The first-order valence-corrected chi connectivity index (χ1v) is 11.0. The Balaban J connectivity index is 1.95. The first-order valence-electron chi connectivity index (χ1n) is 9.26. The summed E-state index contributed by atoms with van der Waals surface area (Å²) >= 11 is 14.1. The first kappa shape index (κ1) is 22.6. The minimum absolute atomic E-state index is 0.0326. The molecule has 6 nitrogen and oxygen atoms in total. The zero-order chi connectivity index (χ0) is 21.7. The number of nitrogens with zero attached hydrogens (tertiary/aromatic N) is 3. The number of ether oxygens (including phenoxy) is 1. The van der Waals surface area contributed by atoms with Crippen LogP contribution < -0.4 is 5.32 Å². The van der Waals surface area contributed by atoms with Crippen LogP contribution in [0.1, 0.15) is 29.9 Å². The van der Waals surface area contributed by atoms with Gasteiger partial charge in [-0.1, -0.05) is 64.8 Å². The Kier molecular flexibility index (Phi) is 7.77. The van der Waals surface area contributed by atoms with Gasteiger partial charge in [0.1, 0.15) is 6.61 Å². The van der Waals surface area contributed by atoms with E-state index < -0.39 is 6.04 Å². The van der Waals surface area contributed by atoms with Crippen molar-refractivity contribution in [1.82, 2.24) is 20.1 Å². The number of aryl methyl sites for hydroxylation is 1. The molecule has 1 aromatic heterocycles. The minimum Gasteiger partial charge on any atom is -0.375 e. The van der Waals surface area contributed by atoms with Crippen LogP contribution in [-0.2, 0) is 15.3 Å². The number of aromatic nitrogens is 3. The summed E-state index contributed by atoms with van der Waals surface area (Å²) in [5.74, 6) is 1.04. The number of thioether (sulfide) groups is 1. The van der Waals surface area contributed by atoms with Gasteiger partial charge in [0.05, 0.1) is 16.8 Å². The van der Waals surface area contributed by atoms with Gasteiger partial charge in [0.25, 0.3) is 0 Å². The Morgan fingerprint density at radius 2 is 2.03 bits per heavy atom. The number of carbonyl (C=O) groups is 1. The maximum atomic E-state index is 12.0. The molecule has 3 aromatic rings. The normalized spacial score (nSPS) is 12.0. The molecule has 0 aliphatic heterocycles. The summed E-state index contributed by atoms with van der Waals surface area (Å²) in [6.07, 6.45) is 0. The molecule has 0 saturated heterocycles. The van der Waals surface area contributed by atoms with Crippen molar-refractivity contribution in [1.29, 1.82) is 0 Å². The molecule has 1 N–H and O–H groups in total. The smallest absolute Gasteiger partial charge is 0.246 e. The monoisotopic (exact) mass is 464 g/mol. The molecular weight excluding hydrogens is 443 g/mol. The summed E-state index contributed by atoms with van der Waals surface area (Å²) in [6.45, 7) is 3.87. The van der Waals surface area contributed by atoms with Crippen LogP contribution in [0, 0.1) is 6.92 Å². The Bertz CT molecular complexity index is 1040. The lowest BCUT2D eigenvalue weighted by atomic mass is 10.2. The van der Waals surface area contributed by atoms with E-state index in [-0.39, 0.29) is 12.5 Å². The maximum Gasteiger partial charge on any atom is 0.246 e. The van der Waals surface area contributed by atoms with Gasteiger partial charge in [0, 0.05) is 17.9 Å². The molecule has 2 aromatic carbocycles. The second-order valence-electron chi connectivity index (χ2n) is 6.77. The highest BCUT2D eigenvalue weighted by atomic mass is 35.5. The Morgan fingerprint density at radius 1 is 1.23 bits per heavy atom. The van der Waals surface area contributed by atoms with Gasteiger partial charge in [-0.05, 0) is 37.6 Å². The van der Waals surface area contributed by atoms with Crippen LogP contribution in [0.5, 0.6) is 0 Å². The number of nitrogens with one attached hydrogen (secondary N) is 1. The molecule has 0 fully saturated rings. The number of hydrogen-bond donors (Lipinski definition) is 1. The summed E-state index contributed by atoms with van der Waals surface area (Å²) in [5, 5.41) is 13.3. The molecule has 3 rings (SSSR count). The number of hydrogen-bond acceptors (Lipinski definition) is 5. The van der Waals surface area contributed by atoms with Crippen LogP contribution in [-0.4, -0.2) is 34.4 Å². The first-order chi connectivity index (χ1) is 14.4. The predicted molar refractivity (Wildman–Crippen MR) is 121 cm³/mol. The van der Waals surface area contributed by atoms with Gasteiger partial charge in [0.2, 0.25) is 5.91 Å². The molecule has 1 amide bonds. The Hall–Kier alpha value is -2.06. The fourth-order valence-corrected chi connectivity index (χ4v) is 4.36. The van der Waals surface area contributed by atoms with Crippen molar-refractivity contribution in [2.45, 2.75) is 30.8 Å². The van der Waals surface area contributed by atoms with Gasteiger partial charge >= 0.3 is 0 Å². The Morgan fingerprint density at radius 3 is 2.73 bits per heavy atom. The number of methoxy groups -OCH3 is 1. The molecule has 30 heavy (non-hydrogen) atoms. The third kappa shape index (κ3) is 5.55. The largest absolute Gasteiger partial charge is 0.375 e. The number of amides is 1. The zero-order valence-corrected chi connectivity index (χ0v) is 19.2. The SMILES string of the molecule is COCC(=O)NC(C)c1nnc(SCc2cccc(C)c2)n1-c1ccc(Cl)cc1Cl. The predicted octanol–water partition coefficient (Wildman–Crippen LogP) is 5.00. The molecule has 0 bridgehead atoms. The summed E-state index contributed by atoms with van der Waals surface area (Å²) in [7, 11) is 1.47. The second-order valence-corrected chi connectivity index (χ2v) is 8.56. The topological polar surface area (TPSA) is 69.0 Å². The number of rotatable bonds is 8. The Labute approximate surface area is 189 Å². The van der Waals surface area contributed by atoms with Crippen molar-refractivity contribution in [3.8, 4) is 5.69 Å². The highest BCUT2D eigenvalue weighted by Crippen LogP contribution is 2.32. The third-order valence-corrected chi connectivity index (χ3v) is 5.84. The van der Waals surface area contributed by atoms with Crippen molar-refractivity contribution in [2.75, 3.05) is 13.7 Å². The zero-order valence-electron chi connectivity index (χ0n) is 16.9. The number of carbonyl (C=O) groups excluding carboxylic acids is 1. The molecule has 1 unspecified atom stereocenters. The van der Waals surface area contributed by atoms with E-state index in [4.69, 9.17) is 27.9 Å². The number of benzene rings is 2. The van der Waals surface area contributed by atoms with Gasteiger partial charge in [-0.2, -0.15) is 0 Å². The molecule has 0 radical (unpaired) electrons. The van der Waals surface area contributed by atoms with Crippen molar-refractivity contribution >= 4 is 40.9 Å².